The first-order chi connectivity index (χ1) is 12.3. The van der Waals surface area contributed by atoms with E-state index in [1.165, 1.54) is 19.2 Å². The SMILES string of the molecule is COc1cc(Cl)c(S(=O)(=O)N[C@H]2COC[C@H]2Cc2cc(C)no2)cc1Cl. The van der Waals surface area contributed by atoms with E-state index in [4.69, 9.17) is 37.2 Å². The Bertz CT molecular complexity index is 900. The van der Waals surface area contributed by atoms with E-state index in [0.717, 1.165) is 5.69 Å². The molecule has 2 aromatic rings. The number of rotatable bonds is 6. The first kappa shape index (κ1) is 19.4. The lowest BCUT2D eigenvalue weighted by Gasteiger charge is -2.19. The average Bonchev–Trinajstić information content (AvgIpc) is 3.18. The van der Waals surface area contributed by atoms with Crippen LogP contribution >= 0.6 is 23.2 Å². The first-order valence-corrected chi connectivity index (χ1v) is 10.1. The summed E-state index contributed by atoms with van der Waals surface area (Å²) >= 11 is 12.1. The number of aromatic nitrogens is 1. The Labute approximate surface area is 161 Å². The number of nitrogens with zero attached hydrogens (tertiary/aromatic N) is 1. The van der Waals surface area contributed by atoms with Crippen LogP contribution in [0.1, 0.15) is 11.5 Å². The number of halogens is 2. The molecule has 3 rings (SSSR count). The van der Waals surface area contributed by atoms with Crippen molar-refractivity contribution >= 4 is 33.2 Å². The third-order valence-electron chi connectivity index (χ3n) is 4.14. The molecule has 1 fully saturated rings. The van der Waals surface area contributed by atoms with Gasteiger partial charge in [-0.2, -0.15) is 0 Å². The van der Waals surface area contributed by atoms with E-state index in [2.05, 4.69) is 9.88 Å². The van der Waals surface area contributed by atoms with Crippen LogP contribution in [0.15, 0.2) is 27.6 Å². The average molecular weight is 421 g/mol. The fraction of sp³-hybridized carbons (Fsp3) is 0.438. The van der Waals surface area contributed by atoms with Gasteiger partial charge in [0.2, 0.25) is 10.0 Å². The monoisotopic (exact) mass is 420 g/mol. The molecule has 0 bridgehead atoms. The molecule has 10 heteroatoms. The number of hydrogen-bond donors (Lipinski definition) is 1. The first-order valence-electron chi connectivity index (χ1n) is 7.85. The van der Waals surface area contributed by atoms with Gasteiger partial charge in [0.15, 0.2) is 0 Å². The molecule has 0 radical (unpaired) electrons. The summed E-state index contributed by atoms with van der Waals surface area (Å²) in [6.45, 7) is 2.51. The molecule has 1 aliphatic rings. The van der Waals surface area contributed by atoms with Crippen LogP contribution in [0.4, 0.5) is 0 Å². The van der Waals surface area contributed by atoms with Gasteiger partial charge in [-0.15, -0.1) is 0 Å². The van der Waals surface area contributed by atoms with Crippen molar-refractivity contribution in [2.45, 2.75) is 24.3 Å². The van der Waals surface area contributed by atoms with Crippen LogP contribution in [0.5, 0.6) is 5.75 Å². The quantitative estimate of drug-likeness (QED) is 0.772. The van der Waals surface area contributed by atoms with Crippen molar-refractivity contribution in [2.24, 2.45) is 5.92 Å². The summed E-state index contributed by atoms with van der Waals surface area (Å²) in [4.78, 5) is -0.105. The van der Waals surface area contributed by atoms with Gasteiger partial charge in [-0.05, 0) is 13.0 Å². The Hall–Kier alpha value is -1.32. The van der Waals surface area contributed by atoms with Gasteiger partial charge in [-0.1, -0.05) is 28.4 Å². The third kappa shape index (κ3) is 4.15. The fourth-order valence-corrected chi connectivity index (χ4v) is 4.97. The van der Waals surface area contributed by atoms with Gasteiger partial charge < -0.3 is 14.0 Å². The zero-order chi connectivity index (χ0) is 18.9. The second-order valence-electron chi connectivity index (χ2n) is 6.08. The highest BCUT2D eigenvalue weighted by Gasteiger charge is 2.34. The lowest BCUT2D eigenvalue weighted by atomic mass is 9.99. The molecule has 0 saturated carbocycles. The van der Waals surface area contributed by atoms with Crippen molar-refractivity contribution in [3.8, 4) is 5.75 Å². The van der Waals surface area contributed by atoms with Gasteiger partial charge in [0.25, 0.3) is 0 Å². The second kappa shape index (κ2) is 7.74. The van der Waals surface area contributed by atoms with Gasteiger partial charge in [-0.25, -0.2) is 13.1 Å². The van der Waals surface area contributed by atoms with E-state index < -0.39 is 16.1 Å². The van der Waals surface area contributed by atoms with Crippen LogP contribution in [0, 0.1) is 12.8 Å². The van der Waals surface area contributed by atoms with Crippen molar-refractivity contribution < 1.29 is 22.4 Å². The van der Waals surface area contributed by atoms with Crippen molar-refractivity contribution in [3.63, 3.8) is 0 Å². The maximum atomic E-state index is 12.8. The Morgan fingerprint density at radius 3 is 2.69 bits per heavy atom. The molecular weight excluding hydrogens is 403 g/mol. The number of hydrogen-bond acceptors (Lipinski definition) is 6. The number of aryl methyl sites for hydroxylation is 1. The largest absolute Gasteiger partial charge is 0.495 e. The molecule has 0 unspecified atom stereocenters. The molecule has 1 aromatic carbocycles. The van der Waals surface area contributed by atoms with E-state index in [-0.39, 0.29) is 27.5 Å². The summed E-state index contributed by atoms with van der Waals surface area (Å²) in [6.07, 6.45) is 0.519. The molecule has 142 valence electrons. The standard InChI is InChI=1S/C16H18Cl2N2O5S/c1-9-3-11(25-19-9)4-10-7-24-8-14(10)20-26(21,22)16-6-12(17)15(23-2)5-13(16)18/h3,5-6,10,14,20H,4,7-8H2,1-2H3/t10-,14+/m1/s1. The predicted octanol–water partition coefficient (Wildman–Crippen LogP) is 2.83. The highest BCUT2D eigenvalue weighted by molar-refractivity contribution is 7.89. The molecule has 2 atom stereocenters. The zero-order valence-corrected chi connectivity index (χ0v) is 16.5. The van der Waals surface area contributed by atoms with Crippen LogP contribution in [0.2, 0.25) is 10.0 Å². The molecule has 7 nitrogen and oxygen atoms in total. The molecule has 0 amide bonds. The van der Waals surface area contributed by atoms with Gasteiger partial charge in [0.1, 0.15) is 16.4 Å². The van der Waals surface area contributed by atoms with Gasteiger partial charge in [-0.3, -0.25) is 0 Å². The van der Waals surface area contributed by atoms with Crippen LogP contribution in [-0.4, -0.2) is 39.9 Å². The lowest BCUT2D eigenvalue weighted by Crippen LogP contribution is -2.40. The topological polar surface area (TPSA) is 90.7 Å². The molecule has 2 heterocycles. The van der Waals surface area contributed by atoms with Crippen molar-refractivity contribution in [3.05, 3.63) is 39.7 Å². The zero-order valence-electron chi connectivity index (χ0n) is 14.2. The van der Waals surface area contributed by atoms with Gasteiger partial charge >= 0.3 is 0 Å². The van der Waals surface area contributed by atoms with Gasteiger partial charge in [0.05, 0.1) is 42.1 Å². The van der Waals surface area contributed by atoms with Crippen LogP contribution in [-0.2, 0) is 21.2 Å². The van der Waals surface area contributed by atoms with Crippen molar-refractivity contribution in [2.75, 3.05) is 20.3 Å². The Morgan fingerprint density at radius 1 is 1.27 bits per heavy atom. The van der Waals surface area contributed by atoms with Crippen molar-refractivity contribution in [1.29, 1.82) is 0 Å². The molecule has 1 aliphatic heterocycles. The van der Waals surface area contributed by atoms with Crippen molar-refractivity contribution in [1.82, 2.24) is 9.88 Å². The normalized spacial score (nSPS) is 20.5. The van der Waals surface area contributed by atoms with E-state index in [0.29, 0.717) is 24.5 Å². The number of sulfonamides is 1. The maximum Gasteiger partial charge on any atom is 0.242 e. The number of benzene rings is 1. The molecule has 26 heavy (non-hydrogen) atoms. The van der Waals surface area contributed by atoms with Crippen LogP contribution in [0.3, 0.4) is 0 Å². The number of methoxy groups -OCH3 is 1. The van der Waals surface area contributed by atoms with Crippen LogP contribution < -0.4 is 9.46 Å². The van der Waals surface area contributed by atoms with Crippen LogP contribution in [0.25, 0.3) is 0 Å². The highest BCUT2D eigenvalue weighted by Crippen LogP contribution is 2.34. The summed E-state index contributed by atoms with van der Waals surface area (Å²) in [6, 6.07) is 4.06. The minimum atomic E-state index is -3.89. The van der Waals surface area contributed by atoms with E-state index >= 15 is 0 Å². The number of ether oxygens (including phenoxy) is 2. The summed E-state index contributed by atoms with van der Waals surface area (Å²) < 4.78 is 43.9. The minimum Gasteiger partial charge on any atom is -0.495 e. The molecule has 0 spiro atoms. The Balaban J connectivity index is 1.79. The molecule has 0 aliphatic carbocycles. The van der Waals surface area contributed by atoms with Gasteiger partial charge in [0, 0.05) is 24.5 Å². The van der Waals surface area contributed by atoms with E-state index in [1.54, 1.807) is 0 Å². The molecule has 1 saturated heterocycles. The van der Waals surface area contributed by atoms with E-state index in [1.807, 2.05) is 13.0 Å². The summed E-state index contributed by atoms with van der Waals surface area (Å²) in [5.41, 5.74) is 0.774. The smallest absolute Gasteiger partial charge is 0.242 e. The maximum absolute atomic E-state index is 12.8. The Kier molecular flexibility index (Phi) is 5.78. The predicted molar refractivity (Wildman–Crippen MR) is 96.4 cm³/mol. The molecule has 1 N–H and O–H groups in total. The lowest BCUT2D eigenvalue weighted by molar-refractivity contribution is 0.182. The highest BCUT2D eigenvalue weighted by atomic mass is 35.5. The second-order valence-corrected chi connectivity index (χ2v) is 8.58. The van der Waals surface area contributed by atoms with E-state index in [9.17, 15) is 8.42 Å². The fourth-order valence-electron chi connectivity index (χ4n) is 2.84. The summed E-state index contributed by atoms with van der Waals surface area (Å²) in [5, 5.41) is 4.03. The summed E-state index contributed by atoms with van der Waals surface area (Å²) in [7, 11) is -2.46. The third-order valence-corrected chi connectivity index (χ3v) is 6.39. The minimum absolute atomic E-state index is 0.0278. The Morgan fingerprint density at radius 2 is 2.04 bits per heavy atom. The molecular formula is C16H18Cl2N2O5S. The summed E-state index contributed by atoms with van der Waals surface area (Å²) in [5.74, 6) is 0.913. The number of nitrogens with one attached hydrogen (secondary N) is 1. The molecule has 1 aromatic heterocycles.